The summed E-state index contributed by atoms with van der Waals surface area (Å²) in [7, 11) is 3.09. The molecule has 6 aliphatic carbocycles. The van der Waals surface area contributed by atoms with Crippen LogP contribution in [0, 0.1) is 46.3 Å². The molecular weight excluding hydrogens is 1010 g/mol. The molecule has 6 bridgehead atoms. The maximum absolute atomic E-state index is 16.5. The average molecular weight is 1090 g/mol. The number of hydrogen-bond acceptors (Lipinski definition) is 11. The first-order valence-corrected chi connectivity index (χ1v) is 29.5. The van der Waals surface area contributed by atoms with Gasteiger partial charge in [-0.2, -0.15) is 0 Å². The van der Waals surface area contributed by atoms with Crippen LogP contribution in [0.25, 0.3) is 28.0 Å². The lowest BCUT2D eigenvalue weighted by molar-refractivity contribution is -0.179. The van der Waals surface area contributed by atoms with Crippen molar-refractivity contribution in [2.45, 2.75) is 133 Å². The third-order valence-electron chi connectivity index (χ3n) is 20.4. The topological polar surface area (TPSA) is 164 Å². The summed E-state index contributed by atoms with van der Waals surface area (Å²) >= 11 is 0. The Bertz CT molecular complexity index is 3540. The number of methoxy groups -OCH3 is 2. The minimum atomic E-state index is -1.13. The second-order valence-corrected chi connectivity index (χ2v) is 24.9. The van der Waals surface area contributed by atoms with Crippen molar-refractivity contribution >= 4 is 28.8 Å². The lowest BCUT2D eigenvalue weighted by atomic mass is 9.40. The predicted molar refractivity (Wildman–Crippen MR) is 311 cm³/mol. The average Bonchev–Trinajstić information content (AvgIpc) is 3.93. The molecule has 0 unspecified atom stereocenters. The van der Waals surface area contributed by atoms with Crippen LogP contribution in [-0.2, 0) is 43.9 Å². The molecule has 11 nitrogen and oxygen atoms in total. The largest absolute Gasteiger partial charge is 0.508 e. The number of allylic oxidation sites excluding steroid dienone is 1. The molecule has 0 amide bonds. The molecule has 11 heteroatoms. The Hall–Kier alpha value is -7.26. The standard InChI is InChI=1S/C70H73NO10/c1-41(72)80-63-34-51(81-67(77)69-22-10-14-43(38-69)18-23-68(20-7-8-21-68)40-71-39-44-13-9-15-45(25-44)53-32-50(73)26-46-16-17-49(69)31-52(46)53)33-56-54-36-65(79-3)61(75)29-47(54)27-57-60(74)37-58-55-35-62(76)64(78-2)30-48(55)28-59(63)70(58,66(56)57)24-19-42-11-5-4-6-12-42/h4-6,9,11-13,15-17,19,24-26,29-32,35-36,43,51,56-60,63,66,71,73-76H,7-8,10,14,20-22,27-28,33-34,37-40H2,1-3H3/b24-19+/t43-,51-,56+,57+,58-,59+,60+,63+,66-,69+,70+/m0/s1. The fourth-order valence-electron chi connectivity index (χ4n) is 16.9. The van der Waals surface area contributed by atoms with Crippen LogP contribution >= 0.6 is 0 Å². The number of phenols is 3. The SMILES string of the molecule is COc1cc2c(cc1O)[C@@H]1C[C@@H](O)[C@H]3Cc4cc(O)c(OC)cc4[C@H]4C[C@H](OC(=O)[C@@]56CCC[C@@H](C#CC7(CCCC7)CNCc7cccc(c7)-c7cc(O)cc8ccc5cc78)C6)C[C@@H](OC(C)=O)[C@@H](C2)[C@]1(/C=C/c1ccccc1)[C@H]34. The van der Waals surface area contributed by atoms with Gasteiger partial charge in [-0.25, -0.2) is 0 Å². The van der Waals surface area contributed by atoms with Gasteiger partial charge in [0.25, 0.3) is 0 Å². The van der Waals surface area contributed by atoms with Gasteiger partial charge in [0.05, 0.1) is 25.7 Å². The second-order valence-electron chi connectivity index (χ2n) is 24.9. The molecule has 81 heavy (non-hydrogen) atoms. The van der Waals surface area contributed by atoms with Crippen molar-refractivity contribution in [1.82, 2.24) is 5.32 Å². The predicted octanol–water partition coefficient (Wildman–Crippen LogP) is 12.4. The van der Waals surface area contributed by atoms with Crippen molar-refractivity contribution in [1.29, 1.82) is 0 Å². The molecule has 1 spiro atoms. The molecule has 1 heterocycles. The van der Waals surface area contributed by atoms with Crippen molar-refractivity contribution in [3.8, 4) is 51.7 Å². The zero-order chi connectivity index (χ0) is 55.8. The first-order valence-electron chi connectivity index (χ1n) is 29.5. The molecule has 11 atom stereocenters. The van der Waals surface area contributed by atoms with Gasteiger partial charge in [0, 0.05) is 49.1 Å². The lowest BCUT2D eigenvalue weighted by Crippen LogP contribution is -2.62. The maximum Gasteiger partial charge on any atom is 0.316 e. The van der Waals surface area contributed by atoms with Crippen LogP contribution in [0.2, 0.25) is 0 Å². The molecule has 0 aromatic heterocycles. The first kappa shape index (κ1) is 53.1. The van der Waals surface area contributed by atoms with E-state index >= 15 is 4.79 Å². The number of hydrogen-bond donors (Lipinski definition) is 5. The number of nitrogens with one attached hydrogen (secondary N) is 1. The summed E-state index contributed by atoms with van der Waals surface area (Å²) in [5.74, 6) is 5.90. The number of rotatable bonds is 7. The highest BCUT2D eigenvalue weighted by atomic mass is 16.6. The third-order valence-corrected chi connectivity index (χ3v) is 20.4. The number of aliphatic hydroxyl groups is 1. The summed E-state index contributed by atoms with van der Waals surface area (Å²) in [6.07, 6.45) is 10.8. The number of aromatic hydroxyl groups is 3. The molecule has 13 rings (SSSR count). The Kier molecular flexibility index (Phi) is 13.7. The van der Waals surface area contributed by atoms with Crippen molar-refractivity contribution in [3.05, 3.63) is 154 Å². The molecule has 418 valence electrons. The number of carbonyl (C=O) groups excluding carboxylic acids is 2. The summed E-state index contributed by atoms with van der Waals surface area (Å²) in [5, 5.41) is 52.7. The van der Waals surface area contributed by atoms with Crippen molar-refractivity contribution in [3.63, 3.8) is 0 Å². The molecule has 5 N–H and O–H groups in total. The van der Waals surface area contributed by atoms with Gasteiger partial charge in [0.1, 0.15) is 18.0 Å². The van der Waals surface area contributed by atoms with E-state index in [-0.39, 0.29) is 64.6 Å². The first-order chi connectivity index (χ1) is 39.3. The van der Waals surface area contributed by atoms with Crippen molar-refractivity contribution < 1.29 is 49.0 Å². The summed E-state index contributed by atoms with van der Waals surface area (Å²) in [5.41, 5.74) is 6.44. The van der Waals surface area contributed by atoms with E-state index in [9.17, 15) is 25.2 Å². The summed E-state index contributed by atoms with van der Waals surface area (Å²) < 4.78 is 25.7. The molecule has 0 radical (unpaired) electrons. The highest BCUT2D eigenvalue weighted by molar-refractivity contribution is 5.99. The van der Waals surface area contributed by atoms with E-state index in [2.05, 4.69) is 71.8 Å². The highest BCUT2D eigenvalue weighted by Crippen LogP contribution is 2.70. The summed E-state index contributed by atoms with van der Waals surface area (Å²) in [6.45, 7) is 2.91. The van der Waals surface area contributed by atoms with E-state index in [4.69, 9.17) is 18.9 Å². The van der Waals surface area contributed by atoms with E-state index in [0.29, 0.717) is 56.6 Å². The van der Waals surface area contributed by atoms with E-state index in [1.807, 2.05) is 54.6 Å². The fourth-order valence-corrected chi connectivity index (χ4v) is 16.9. The van der Waals surface area contributed by atoms with Crippen LogP contribution < -0.4 is 14.8 Å². The smallest absolute Gasteiger partial charge is 0.316 e. The second kappa shape index (κ2) is 20.9. The van der Waals surface area contributed by atoms with Crippen LogP contribution in [0.1, 0.15) is 128 Å². The van der Waals surface area contributed by atoms with Gasteiger partial charge in [0.2, 0.25) is 0 Å². The third kappa shape index (κ3) is 9.31. The minimum Gasteiger partial charge on any atom is -0.508 e. The molecule has 6 aromatic rings. The molecule has 0 saturated heterocycles. The monoisotopic (exact) mass is 1090 g/mol. The summed E-state index contributed by atoms with van der Waals surface area (Å²) in [4.78, 5) is 30.3. The Labute approximate surface area is 474 Å². The molecule has 1 aliphatic heterocycles. The normalized spacial score (nSPS) is 29.7. The van der Waals surface area contributed by atoms with Crippen LogP contribution in [0.3, 0.4) is 0 Å². The minimum absolute atomic E-state index is 0.0117. The molecule has 4 saturated carbocycles. The molecule has 4 fully saturated rings. The number of benzene rings is 6. The maximum atomic E-state index is 16.5. The Morgan fingerprint density at radius 2 is 1.56 bits per heavy atom. The van der Waals surface area contributed by atoms with Crippen molar-refractivity contribution in [2.75, 3.05) is 20.8 Å². The zero-order valence-electron chi connectivity index (χ0n) is 46.6. The number of esters is 2. The van der Waals surface area contributed by atoms with E-state index in [1.165, 1.54) is 14.0 Å². The lowest BCUT2D eigenvalue weighted by Gasteiger charge is -2.64. The van der Waals surface area contributed by atoms with E-state index in [1.54, 1.807) is 19.2 Å². The fraction of sp³-hybridized carbons (Fsp3) is 0.429. The Morgan fingerprint density at radius 3 is 2.36 bits per heavy atom. The van der Waals surface area contributed by atoms with E-state index in [0.717, 1.165) is 106 Å². The van der Waals surface area contributed by atoms with Gasteiger partial charge in [-0.1, -0.05) is 104 Å². The molecule has 7 aliphatic rings. The van der Waals surface area contributed by atoms with Crippen molar-refractivity contribution in [2.24, 2.45) is 34.5 Å². The number of ether oxygens (including phenoxy) is 4. The Balaban J connectivity index is 0.995. The van der Waals surface area contributed by atoms with Crippen LogP contribution in [0.4, 0.5) is 0 Å². The highest BCUT2D eigenvalue weighted by Gasteiger charge is 2.65. The van der Waals surface area contributed by atoms with Gasteiger partial charge >= 0.3 is 11.9 Å². The summed E-state index contributed by atoms with van der Waals surface area (Å²) in [6, 6.07) is 35.9. The molecular formula is C70H73NO10. The van der Waals surface area contributed by atoms with Crippen LogP contribution in [-0.4, -0.2) is 71.4 Å². The van der Waals surface area contributed by atoms with Crippen LogP contribution in [0.5, 0.6) is 28.7 Å². The quantitative estimate of drug-likeness (QED) is 0.0764. The zero-order valence-corrected chi connectivity index (χ0v) is 46.6. The number of fused-ring (bicyclic) bond motifs is 11. The number of carbonyl (C=O) groups is 2. The van der Waals surface area contributed by atoms with E-state index < -0.39 is 41.0 Å². The van der Waals surface area contributed by atoms with Crippen LogP contribution in [0.15, 0.2) is 115 Å². The van der Waals surface area contributed by atoms with Gasteiger partial charge in [-0.05, 0) is 191 Å². The van der Waals surface area contributed by atoms with Gasteiger partial charge < -0.3 is 44.7 Å². The van der Waals surface area contributed by atoms with Gasteiger partial charge in [0.15, 0.2) is 23.0 Å². The number of aliphatic hydroxyl groups excluding tert-OH is 1. The van der Waals surface area contributed by atoms with Gasteiger partial charge in [-0.3, -0.25) is 9.59 Å². The number of phenolic OH excluding ortho intramolecular Hbond substituents is 3. The molecule has 6 aromatic carbocycles. The van der Waals surface area contributed by atoms with Gasteiger partial charge in [-0.15, -0.1) is 0 Å². The Morgan fingerprint density at radius 1 is 0.765 bits per heavy atom.